The Morgan fingerprint density at radius 2 is 1.93 bits per heavy atom. The van der Waals surface area contributed by atoms with Gasteiger partial charge in [0.2, 0.25) is 17.8 Å². The Kier molecular flexibility index (Phi) is 4.37. The van der Waals surface area contributed by atoms with Crippen molar-refractivity contribution in [2.24, 2.45) is 5.92 Å². The van der Waals surface area contributed by atoms with Crippen LogP contribution in [-0.4, -0.2) is 37.9 Å². The maximum Gasteiger partial charge on any atom is 0.234 e. The molecule has 3 aromatic rings. The summed E-state index contributed by atoms with van der Waals surface area (Å²) in [7, 11) is 0. The van der Waals surface area contributed by atoms with Crippen LogP contribution in [0.1, 0.15) is 12.0 Å². The van der Waals surface area contributed by atoms with E-state index >= 15 is 0 Å². The number of nitrogens with one attached hydrogen (secondary N) is 1. The van der Waals surface area contributed by atoms with Gasteiger partial charge in [0.05, 0.1) is 24.0 Å². The van der Waals surface area contributed by atoms with Gasteiger partial charge in [0.15, 0.2) is 0 Å². The summed E-state index contributed by atoms with van der Waals surface area (Å²) in [5.41, 5.74) is 2.43. The highest BCUT2D eigenvalue weighted by atomic mass is 16.2. The van der Waals surface area contributed by atoms with Crippen LogP contribution in [0.5, 0.6) is 0 Å². The molecule has 27 heavy (non-hydrogen) atoms. The molecule has 1 N–H and O–H groups in total. The highest BCUT2D eigenvalue weighted by Gasteiger charge is 2.35. The zero-order chi connectivity index (χ0) is 18.8. The van der Waals surface area contributed by atoms with Crippen LogP contribution >= 0.6 is 0 Å². The third-order valence-corrected chi connectivity index (χ3v) is 4.48. The van der Waals surface area contributed by atoms with Gasteiger partial charge in [0.1, 0.15) is 6.33 Å². The van der Waals surface area contributed by atoms with Crippen molar-refractivity contribution in [2.45, 2.75) is 13.3 Å². The van der Waals surface area contributed by atoms with E-state index in [0.29, 0.717) is 18.2 Å². The quantitative estimate of drug-likeness (QED) is 0.766. The van der Waals surface area contributed by atoms with Gasteiger partial charge in [-0.3, -0.25) is 14.2 Å². The van der Waals surface area contributed by atoms with Gasteiger partial charge in [0.25, 0.3) is 0 Å². The first-order chi connectivity index (χ1) is 13.1. The fourth-order valence-corrected chi connectivity index (χ4v) is 3.00. The summed E-state index contributed by atoms with van der Waals surface area (Å²) in [5.74, 6) is -0.207. The maximum absolute atomic E-state index is 12.5. The minimum atomic E-state index is -0.410. The Morgan fingerprint density at radius 3 is 2.59 bits per heavy atom. The molecule has 1 aromatic carbocycles. The van der Waals surface area contributed by atoms with Crippen molar-refractivity contribution in [3.8, 4) is 5.95 Å². The number of carbonyl (C=O) groups is 2. The van der Waals surface area contributed by atoms with Gasteiger partial charge in [-0.1, -0.05) is 17.7 Å². The molecule has 0 spiro atoms. The van der Waals surface area contributed by atoms with Gasteiger partial charge in [-0.25, -0.2) is 15.0 Å². The molecule has 8 heteroatoms. The van der Waals surface area contributed by atoms with Gasteiger partial charge < -0.3 is 10.2 Å². The van der Waals surface area contributed by atoms with Crippen LogP contribution < -0.4 is 10.2 Å². The molecule has 1 aliphatic heterocycles. The van der Waals surface area contributed by atoms with E-state index in [1.807, 2.05) is 31.2 Å². The Labute approximate surface area is 155 Å². The number of hydrogen-bond donors (Lipinski definition) is 1. The standard InChI is InChI=1S/C19H18N6O2/c1-13-2-4-16(5-3-13)25-11-14(8-17(25)26)18(27)23-15-9-21-19(22-10-15)24-7-6-20-12-24/h2-7,9-10,12,14H,8,11H2,1H3,(H,23,27). The molecular formula is C19H18N6O2. The SMILES string of the molecule is Cc1ccc(N2CC(C(=O)Nc3cnc(-n4ccnc4)nc3)CC2=O)cc1. The molecule has 0 bridgehead atoms. The van der Waals surface area contributed by atoms with Crippen LogP contribution in [0.4, 0.5) is 11.4 Å². The molecule has 3 heterocycles. The summed E-state index contributed by atoms with van der Waals surface area (Å²) in [6.07, 6.45) is 8.22. The molecule has 136 valence electrons. The molecule has 2 amide bonds. The van der Waals surface area contributed by atoms with Gasteiger partial charge in [-0.2, -0.15) is 0 Å². The molecule has 1 unspecified atom stereocenters. The molecule has 0 saturated carbocycles. The lowest BCUT2D eigenvalue weighted by Crippen LogP contribution is -2.28. The van der Waals surface area contributed by atoms with Crippen molar-refractivity contribution in [1.82, 2.24) is 19.5 Å². The average molecular weight is 362 g/mol. The largest absolute Gasteiger partial charge is 0.323 e. The van der Waals surface area contributed by atoms with Crippen LogP contribution in [0.25, 0.3) is 5.95 Å². The number of nitrogens with zero attached hydrogens (tertiary/aromatic N) is 5. The van der Waals surface area contributed by atoms with Crippen LogP contribution in [0.3, 0.4) is 0 Å². The predicted molar refractivity (Wildman–Crippen MR) is 99.4 cm³/mol. The van der Waals surface area contributed by atoms with Crippen molar-refractivity contribution in [2.75, 3.05) is 16.8 Å². The number of aromatic nitrogens is 4. The van der Waals surface area contributed by atoms with E-state index in [1.54, 1.807) is 28.2 Å². The first kappa shape index (κ1) is 16.9. The number of carbonyl (C=O) groups excluding carboxylic acids is 2. The predicted octanol–water partition coefficient (Wildman–Crippen LogP) is 1.96. The molecule has 0 aliphatic carbocycles. The zero-order valence-electron chi connectivity index (χ0n) is 14.7. The van der Waals surface area contributed by atoms with Crippen LogP contribution in [-0.2, 0) is 9.59 Å². The summed E-state index contributed by atoms with van der Waals surface area (Å²) in [5, 5.41) is 2.79. The molecule has 1 saturated heterocycles. The number of rotatable bonds is 4. The highest BCUT2D eigenvalue weighted by Crippen LogP contribution is 2.26. The molecule has 1 fully saturated rings. The monoisotopic (exact) mass is 362 g/mol. The third-order valence-electron chi connectivity index (χ3n) is 4.48. The molecule has 0 radical (unpaired) electrons. The second-order valence-corrected chi connectivity index (χ2v) is 6.47. The number of benzene rings is 1. The molecular weight excluding hydrogens is 344 g/mol. The molecule has 1 aliphatic rings. The highest BCUT2D eigenvalue weighted by molar-refractivity contribution is 6.03. The fourth-order valence-electron chi connectivity index (χ4n) is 3.00. The minimum absolute atomic E-state index is 0.0503. The van der Waals surface area contributed by atoms with Crippen LogP contribution in [0.2, 0.25) is 0 Å². The Hall–Kier alpha value is -3.55. The third kappa shape index (κ3) is 3.55. The van der Waals surface area contributed by atoms with Crippen LogP contribution in [0, 0.1) is 12.8 Å². The first-order valence-electron chi connectivity index (χ1n) is 8.58. The second-order valence-electron chi connectivity index (χ2n) is 6.47. The Bertz CT molecular complexity index is 951. The minimum Gasteiger partial charge on any atom is -0.323 e. The van der Waals surface area contributed by atoms with Gasteiger partial charge >= 0.3 is 0 Å². The lowest BCUT2D eigenvalue weighted by molar-refractivity contribution is -0.122. The molecule has 2 aromatic heterocycles. The first-order valence-corrected chi connectivity index (χ1v) is 8.58. The van der Waals surface area contributed by atoms with Crippen molar-refractivity contribution < 1.29 is 9.59 Å². The normalized spacial score (nSPS) is 16.6. The molecule has 4 rings (SSSR count). The average Bonchev–Trinajstić information content (AvgIpc) is 3.33. The second kappa shape index (κ2) is 6.99. The topological polar surface area (TPSA) is 93.0 Å². The van der Waals surface area contributed by atoms with E-state index in [0.717, 1.165) is 11.3 Å². The summed E-state index contributed by atoms with van der Waals surface area (Å²) < 4.78 is 1.67. The van der Waals surface area contributed by atoms with E-state index in [-0.39, 0.29) is 18.2 Å². The summed E-state index contributed by atoms with van der Waals surface area (Å²) in [4.78, 5) is 38.9. The smallest absolute Gasteiger partial charge is 0.234 e. The summed E-state index contributed by atoms with van der Waals surface area (Å²) in [6, 6.07) is 7.71. The van der Waals surface area contributed by atoms with Gasteiger partial charge in [0, 0.05) is 31.0 Å². The molecule has 8 nitrogen and oxygen atoms in total. The summed E-state index contributed by atoms with van der Waals surface area (Å²) >= 11 is 0. The van der Waals surface area contributed by atoms with E-state index in [2.05, 4.69) is 20.3 Å². The fraction of sp³-hybridized carbons (Fsp3) is 0.211. The number of anilines is 2. The van der Waals surface area contributed by atoms with Crippen molar-refractivity contribution >= 4 is 23.2 Å². The van der Waals surface area contributed by atoms with E-state index < -0.39 is 5.92 Å². The molecule has 1 atom stereocenters. The number of hydrogen-bond acceptors (Lipinski definition) is 5. The number of amides is 2. The van der Waals surface area contributed by atoms with Crippen molar-refractivity contribution in [3.05, 3.63) is 60.9 Å². The van der Waals surface area contributed by atoms with Gasteiger partial charge in [-0.05, 0) is 19.1 Å². The van der Waals surface area contributed by atoms with E-state index in [4.69, 9.17) is 0 Å². The van der Waals surface area contributed by atoms with Crippen molar-refractivity contribution in [1.29, 1.82) is 0 Å². The van der Waals surface area contributed by atoms with E-state index in [1.165, 1.54) is 12.4 Å². The lowest BCUT2D eigenvalue weighted by atomic mass is 10.1. The Morgan fingerprint density at radius 1 is 1.19 bits per heavy atom. The number of aryl methyl sites for hydroxylation is 1. The summed E-state index contributed by atoms with van der Waals surface area (Å²) in [6.45, 7) is 2.35. The number of imidazole rings is 1. The van der Waals surface area contributed by atoms with Crippen LogP contribution in [0.15, 0.2) is 55.4 Å². The lowest BCUT2D eigenvalue weighted by Gasteiger charge is -2.17. The van der Waals surface area contributed by atoms with E-state index in [9.17, 15) is 9.59 Å². The Balaban J connectivity index is 1.41. The zero-order valence-corrected chi connectivity index (χ0v) is 14.7. The van der Waals surface area contributed by atoms with Gasteiger partial charge in [-0.15, -0.1) is 0 Å². The van der Waals surface area contributed by atoms with Crippen molar-refractivity contribution in [3.63, 3.8) is 0 Å². The maximum atomic E-state index is 12.5.